The first kappa shape index (κ1) is 16.6. The largest absolute Gasteiger partial charge is 0.506 e. The normalized spacial score (nSPS) is 10.0. The predicted octanol–water partition coefficient (Wildman–Crippen LogP) is 2.69. The van der Waals surface area contributed by atoms with Gasteiger partial charge < -0.3 is 20.6 Å². The highest BCUT2D eigenvalue weighted by Gasteiger charge is 2.16. The van der Waals surface area contributed by atoms with Crippen molar-refractivity contribution in [3.05, 3.63) is 47.5 Å². The van der Waals surface area contributed by atoms with Crippen molar-refractivity contribution < 1.29 is 14.7 Å². The molecule has 0 aliphatic rings. The van der Waals surface area contributed by atoms with Crippen molar-refractivity contribution in [2.75, 3.05) is 29.6 Å². The summed E-state index contributed by atoms with van der Waals surface area (Å²) in [4.78, 5) is 25.7. The van der Waals surface area contributed by atoms with E-state index in [1.54, 1.807) is 12.1 Å². The van der Waals surface area contributed by atoms with Crippen LogP contribution >= 0.6 is 11.6 Å². The summed E-state index contributed by atoms with van der Waals surface area (Å²) >= 11 is 5.78. The first-order valence-corrected chi connectivity index (χ1v) is 7.13. The van der Waals surface area contributed by atoms with Gasteiger partial charge in [-0.05, 0) is 42.5 Å². The fourth-order valence-electron chi connectivity index (χ4n) is 1.82. The van der Waals surface area contributed by atoms with Gasteiger partial charge in [-0.1, -0.05) is 11.6 Å². The number of benzene rings is 2. The lowest BCUT2D eigenvalue weighted by Crippen LogP contribution is -2.29. The summed E-state index contributed by atoms with van der Waals surface area (Å²) in [5, 5.41) is 14.7. The molecule has 0 fully saturated rings. The topological polar surface area (TPSA) is 81.7 Å². The highest BCUT2D eigenvalue weighted by molar-refractivity contribution is 6.44. The molecule has 0 radical (unpaired) electrons. The van der Waals surface area contributed by atoms with Crippen molar-refractivity contribution in [2.45, 2.75) is 0 Å². The predicted molar refractivity (Wildman–Crippen MR) is 91.1 cm³/mol. The standard InChI is InChI=1S/C16H16ClN3O3/c1-20(2)12-6-4-11(5-7-12)18-15(22)16(23)19-13-9-10(17)3-8-14(13)21/h3-9,21H,1-2H3,(H,18,22)(H,19,23). The number of carbonyl (C=O) groups is 2. The molecule has 23 heavy (non-hydrogen) atoms. The van der Waals surface area contributed by atoms with Gasteiger partial charge in [0.25, 0.3) is 0 Å². The average Bonchev–Trinajstić information content (AvgIpc) is 2.51. The zero-order chi connectivity index (χ0) is 17.0. The molecule has 2 aromatic carbocycles. The van der Waals surface area contributed by atoms with Crippen LogP contribution in [0.2, 0.25) is 5.02 Å². The van der Waals surface area contributed by atoms with Gasteiger partial charge in [-0.3, -0.25) is 9.59 Å². The quantitative estimate of drug-likeness (QED) is 0.596. The van der Waals surface area contributed by atoms with E-state index in [2.05, 4.69) is 10.6 Å². The number of carbonyl (C=O) groups excluding carboxylic acids is 2. The van der Waals surface area contributed by atoms with Gasteiger partial charge in [0.2, 0.25) is 0 Å². The average molecular weight is 334 g/mol. The second kappa shape index (κ2) is 7.02. The number of nitrogens with one attached hydrogen (secondary N) is 2. The highest BCUT2D eigenvalue weighted by Crippen LogP contribution is 2.26. The lowest BCUT2D eigenvalue weighted by molar-refractivity contribution is -0.133. The molecule has 0 aliphatic heterocycles. The van der Waals surface area contributed by atoms with Crippen LogP contribution in [0.15, 0.2) is 42.5 Å². The number of anilines is 3. The fourth-order valence-corrected chi connectivity index (χ4v) is 1.99. The summed E-state index contributed by atoms with van der Waals surface area (Å²) in [5.74, 6) is -1.92. The van der Waals surface area contributed by atoms with Crippen molar-refractivity contribution in [3.63, 3.8) is 0 Å². The van der Waals surface area contributed by atoms with Gasteiger partial charge >= 0.3 is 11.8 Å². The molecule has 2 rings (SSSR count). The van der Waals surface area contributed by atoms with E-state index in [1.807, 2.05) is 31.1 Å². The number of halogens is 1. The molecule has 6 nitrogen and oxygen atoms in total. The molecule has 7 heteroatoms. The summed E-state index contributed by atoms with van der Waals surface area (Å²) in [6, 6.07) is 11.2. The number of phenols is 1. The Morgan fingerprint density at radius 2 is 1.61 bits per heavy atom. The molecule has 2 aromatic rings. The Hall–Kier alpha value is -2.73. The molecule has 0 atom stereocenters. The van der Waals surface area contributed by atoms with Crippen LogP contribution in [0, 0.1) is 0 Å². The Morgan fingerprint density at radius 1 is 1.00 bits per heavy atom. The van der Waals surface area contributed by atoms with E-state index in [1.165, 1.54) is 18.2 Å². The lowest BCUT2D eigenvalue weighted by Gasteiger charge is -2.13. The molecule has 3 N–H and O–H groups in total. The number of rotatable bonds is 3. The van der Waals surface area contributed by atoms with E-state index < -0.39 is 11.8 Å². The number of hydrogen-bond donors (Lipinski definition) is 3. The van der Waals surface area contributed by atoms with Gasteiger partial charge in [-0.25, -0.2) is 0 Å². The first-order valence-electron chi connectivity index (χ1n) is 6.75. The molecule has 2 amide bonds. The van der Waals surface area contributed by atoms with Crippen LogP contribution < -0.4 is 15.5 Å². The van der Waals surface area contributed by atoms with Crippen LogP contribution in [-0.4, -0.2) is 31.0 Å². The summed E-state index contributed by atoms with van der Waals surface area (Å²) in [6.07, 6.45) is 0. The van der Waals surface area contributed by atoms with Gasteiger partial charge in [-0.15, -0.1) is 0 Å². The second-order valence-corrected chi connectivity index (χ2v) is 5.45. The molecule has 0 spiro atoms. The van der Waals surface area contributed by atoms with E-state index in [0.717, 1.165) is 5.69 Å². The number of phenolic OH excluding ortho intramolecular Hbond substituents is 1. The number of hydrogen-bond acceptors (Lipinski definition) is 4. The third-order valence-electron chi connectivity index (χ3n) is 3.05. The van der Waals surface area contributed by atoms with Crippen molar-refractivity contribution in [1.82, 2.24) is 0 Å². The Kier molecular flexibility index (Phi) is 5.08. The van der Waals surface area contributed by atoms with Crippen LogP contribution in [0.4, 0.5) is 17.1 Å². The maximum Gasteiger partial charge on any atom is 0.314 e. The van der Waals surface area contributed by atoms with Crippen LogP contribution in [0.1, 0.15) is 0 Å². The molecule has 120 valence electrons. The van der Waals surface area contributed by atoms with Crippen molar-refractivity contribution >= 4 is 40.5 Å². The summed E-state index contributed by atoms with van der Waals surface area (Å²) in [5.41, 5.74) is 1.53. The summed E-state index contributed by atoms with van der Waals surface area (Å²) in [7, 11) is 3.80. The van der Waals surface area contributed by atoms with E-state index in [0.29, 0.717) is 10.7 Å². The molecule has 0 saturated heterocycles. The van der Waals surface area contributed by atoms with Crippen LogP contribution in [-0.2, 0) is 9.59 Å². The number of amides is 2. The van der Waals surface area contributed by atoms with Gasteiger partial charge in [0.05, 0.1) is 5.69 Å². The Bertz CT molecular complexity index is 730. The van der Waals surface area contributed by atoms with Gasteiger partial charge in [-0.2, -0.15) is 0 Å². The van der Waals surface area contributed by atoms with Gasteiger partial charge in [0, 0.05) is 30.5 Å². The third-order valence-corrected chi connectivity index (χ3v) is 3.29. The van der Waals surface area contributed by atoms with Gasteiger partial charge in [0.1, 0.15) is 5.75 Å². The smallest absolute Gasteiger partial charge is 0.314 e. The van der Waals surface area contributed by atoms with Gasteiger partial charge in [0.15, 0.2) is 0 Å². The van der Waals surface area contributed by atoms with Crippen LogP contribution in [0.5, 0.6) is 5.75 Å². The minimum absolute atomic E-state index is 0.0700. The van der Waals surface area contributed by atoms with Crippen molar-refractivity contribution in [1.29, 1.82) is 0 Å². The summed E-state index contributed by atoms with van der Waals surface area (Å²) < 4.78 is 0. The molecule has 0 heterocycles. The van der Waals surface area contributed by atoms with Crippen LogP contribution in [0.3, 0.4) is 0 Å². The van der Waals surface area contributed by atoms with E-state index in [9.17, 15) is 14.7 Å². The van der Waals surface area contributed by atoms with Crippen molar-refractivity contribution in [2.24, 2.45) is 0 Å². The maximum absolute atomic E-state index is 11.9. The zero-order valence-corrected chi connectivity index (χ0v) is 13.4. The van der Waals surface area contributed by atoms with Crippen LogP contribution in [0.25, 0.3) is 0 Å². The zero-order valence-electron chi connectivity index (χ0n) is 12.6. The highest BCUT2D eigenvalue weighted by atomic mass is 35.5. The lowest BCUT2D eigenvalue weighted by atomic mass is 10.2. The van der Waals surface area contributed by atoms with Crippen molar-refractivity contribution in [3.8, 4) is 5.75 Å². The minimum Gasteiger partial charge on any atom is -0.506 e. The number of aromatic hydroxyl groups is 1. The van der Waals surface area contributed by atoms with E-state index in [-0.39, 0.29) is 11.4 Å². The molecular formula is C16H16ClN3O3. The summed E-state index contributed by atoms with van der Waals surface area (Å²) in [6.45, 7) is 0. The van der Waals surface area contributed by atoms with E-state index in [4.69, 9.17) is 11.6 Å². The molecule has 0 aromatic heterocycles. The SMILES string of the molecule is CN(C)c1ccc(NC(=O)C(=O)Nc2cc(Cl)ccc2O)cc1. The monoisotopic (exact) mass is 333 g/mol. The molecular weight excluding hydrogens is 318 g/mol. The Labute approximate surface area is 138 Å². The molecule has 0 aliphatic carbocycles. The number of nitrogens with zero attached hydrogens (tertiary/aromatic N) is 1. The fraction of sp³-hybridized carbons (Fsp3) is 0.125. The Morgan fingerprint density at radius 3 is 2.22 bits per heavy atom. The minimum atomic E-state index is -0.903. The molecule has 0 bridgehead atoms. The molecule has 0 unspecified atom stereocenters. The third kappa shape index (κ3) is 4.37. The second-order valence-electron chi connectivity index (χ2n) is 5.01. The van der Waals surface area contributed by atoms with E-state index >= 15 is 0 Å². The molecule has 0 saturated carbocycles. The Balaban J connectivity index is 2.02. The maximum atomic E-state index is 11.9. The first-order chi connectivity index (χ1) is 10.9.